The summed E-state index contributed by atoms with van der Waals surface area (Å²) >= 11 is 0. The third-order valence-electron chi connectivity index (χ3n) is 4.76. The first-order valence-corrected chi connectivity index (χ1v) is 9.92. The molecule has 0 aliphatic carbocycles. The molecule has 0 fully saturated rings. The van der Waals surface area contributed by atoms with Crippen molar-refractivity contribution in [2.24, 2.45) is 12.1 Å². The Kier molecular flexibility index (Phi) is 6.13. The number of aliphatic hydroxyl groups excluding tert-OH is 1. The van der Waals surface area contributed by atoms with Crippen LogP contribution >= 0.6 is 0 Å². The van der Waals surface area contributed by atoms with E-state index in [-0.39, 0.29) is 30.3 Å². The summed E-state index contributed by atoms with van der Waals surface area (Å²) < 4.78 is 8.32. The number of rotatable bonds is 8. The molecule has 10 heteroatoms. The van der Waals surface area contributed by atoms with Gasteiger partial charge in [-0.2, -0.15) is 10.1 Å². The van der Waals surface area contributed by atoms with Gasteiger partial charge in [0.2, 0.25) is 5.95 Å². The van der Waals surface area contributed by atoms with Crippen LogP contribution in [-0.2, 0) is 13.6 Å². The highest BCUT2D eigenvalue weighted by molar-refractivity contribution is 5.80. The number of ether oxygens (including phenoxy) is 1. The summed E-state index contributed by atoms with van der Waals surface area (Å²) in [4.78, 5) is 31.2. The maximum Gasteiger partial charge on any atom is 0.329 e. The predicted octanol–water partition coefficient (Wildman–Crippen LogP) is 1.31. The number of hydrazone groups is 1. The average Bonchev–Trinajstić information content (AvgIpc) is 3.16. The highest BCUT2D eigenvalue weighted by Crippen LogP contribution is 2.17. The molecule has 2 aromatic heterocycles. The molecule has 4 aromatic rings. The van der Waals surface area contributed by atoms with Gasteiger partial charge >= 0.3 is 5.69 Å². The second kappa shape index (κ2) is 9.31. The van der Waals surface area contributed by atoms with Crippen LogP contribution in [0.5, 0.6) is 5.75 Å². The monoisotopic (exact) mass is 434 g/mol. The van der Waals surface area contributed by atoms with Gasteiger partial charge in [0.05, 0.1) is 12.8 Å². The summed E-state index contributed by atoms with van der Waals surface area (Å²) in [6.45, 7) is -0.00607. The summed E-state index contributed by atoms with van der Waals surface area (Å²) in [5, 5.41) is 14.7. The van der Waals surface area contributed by atoms with Crippen molar-refractivity contribution in [3.63, 3.8) is 0 Å². The summed E-state index contributed by atoms with van der Waals surface area (Å²) in [7, 11) is 1.50. The lowest BCUT2D eigenvalue weighted by atomic mass is 10.2. The maximum absolute atomic E-state index is 12.5. The third kappa shape index (κ3) is 4.60. The van der Waals surface area contributed by atoms with Crippen molar-refractivity contribution < 1.29 is 9.84 Å². The zero-order chi connectivity index (χ0) is 22.5. The fourth-order valence-corrected chi connectivity index (χ4v) is 3.17. The van der Waals surface area contributed by atoms with Gasteiger partial charge in [0.1, 0.15) is 18.5 Å². The van der Waals surface area contributed by atoms with E-state index in [1.54, 1.807) is 18.3 Å². The molecule has 0 aliphatic rings. The summed E-state index contributed by atoms with van der Waals surface area (Å²) in [6.07, 6.45) is 0.643. The summed E-state index contributed by atoms with van der Waals surface area (Å²) in [5.74, 6) is 0.825. The Bertz CT molecular complexity index is 1340. The number of aromatic amines is 1. The number of fused-ring (bicyclic) bond motifs is 1. The minimum atomic E-state index is -0.956. The van der Waals surface area contributed by atoms with Gasteiger partial charge in [-0.1, -0.05) is 48.5 Å². The lowest BCUT2D eigenvalue weighted by Gasteiger charge is -2.15. The molecule has 0 spiro atoms. The second-order valence-electron chi connectivity index (χ2n) is 7.10. The number of para-hydroxylation sites is 1. The van der Waals surface area contributed by atoms with Crippen molar-refractivity contribution in [2.75, 3.05) is 12.0 Å². The van der Waals surface area contributed by atoms with Crippen LogP contribution in [0.25, 0.3) is 11.2 Å². The predicted molar refractivity (Wildman–Crippen MR) is 121 cm³/mol. The number of aromatic nitrogens is 4. The number of nitrogens with zero attached hydrogens (tertiary/aromatic N) is 4. The average molecular weight is 434 g/mol. The molecule has 32 heavy (non-hydrogen) atoms. The highest BCUT2D eigenvalue weighted by atomic mass is 16.5. The fourth-order valence-electron chi connectivity index (χ4n) is 3.17. The Labute approximate surface area is 182 Å². The Morgan fingerprint density at radius 3 is 2.56 bits per heavy atom. The zero-order valence-electron chi connectivity index (χ0n) is 17.3. The topological polar surface area (TPSA) is 127 Å². The number of hydrogen-bond acceptors (Lipinski definition) is 7. The molecule has 0 radical (unpaired) electrons. The van der Waals surface area contributed by atoms with Crippen LogP contribution in [0.3, 0.4) is 0 Å². The van der Waals surface area contributed by atoms with Gasteiger partial charge < -0.3 is 14.4 Å². The number of nitrogens with one attached hydrogen (secondary N) is 2. The normalized spacial score (nSPS) is 12.3. The minimum Gasteiger partial charge on any atom is -0.491 e. The van der Waals surface area contributed by atoms with E-state index < -0.39 is 17.4 Å². The molecule has 10 nitrogen and oxygen atoms in total. The van der Waals surface area contributed by atoms with Gasteiger partial charge in [0.15, 0.2) is 11.2 Å². The molecule has 1 atom stereocenters. The van der Waals surface area contributed by atoms with Crippen LogP contribution in [0.4, 0.5) is 5.95 Å². The number of aliphatic hydroxyl groups is 1. The minimum absolute atomic E-state index is 0.0000781. The molecule has 1 unspecified atom stereocenters. The third-order valence-corrected chi connectivity index (χ3v) is 4.76. The highest BCUT2D eigenvalue weighted by Gasteiger charge is 2.19. The Hall–Kier alpha value is -4.18. The van der Waals surface area contributed by atoms with Gasteiger partial charge in [-0.15, -0.1) is 0 Å². The molecule has 0 amide bonds. The zero-order valence-corrected chi connectivity index (χ0v) is 17.3. The van der Waals surface area contributed by atoms with E-state index in [0.29, 0.717) is 5.75 Å². The van der Waals surface area contributed by atoms with Gasteiger partial charge in [0.25, 0.3) is 5.56 Å². The molecule has 0 bridgehead atoms. The number of aryl methyl sites for hydroxylation is 1. The smallest absolute Gasteiger partial charge is 0.329 e. The molecule has 0 saturated heterocycles. The Balaban J connectivity index is 1.63. The number of benzene rings is 2. The first kappa shape index (κ1) is 21.1. The number of hydrogen-bond donors (Lipinski definition) is 3. The first-order valence-electron chi connectivity index (χ1n) is 9.92. The van der Waals surface area contributed by atoms with Crippen LogP contribution in [0.2, 0.25) is 0 Å². The van der Waals surface area contributed by atoms with Crippen LogP contribution in [0, 0.1) is 0 Å². The van der Waals surface area contributed by atoms with Crippen molar-refractivity contribution in [3.8, 4) is 5.75 Å². The quantitative estimate of drug-likeness (QED) is 0.284. The lowest BCUT2D eigenvalue weighted by molar-refractivity contribution is 0.0938. The van der Waals surface area contributed by atoms with Crippen LogP contribution in [-0.4, -0.2) is 43.1 Å². The van der Waals surface area contributed by atoms with E-state index in [2.05, 4.69) is 20.5 Å². The van der Waals surface area contributed by atoms with E-state index in [1.807, 2.05) is 48.5 Å². The molecule has 3 N–H and O–H groups in total. The van der Waals surface area contributed by atoms with Crippen LogP contribution < -0.4 is 21.4 Å². The SMILES string of the molecule is Cn1c(=O)[nH]c(=O)c2c1nc(N/N=C/c1ccccc1)n2CC(O)COc1ccccc1. The van der Waals surface area contributed by atoms with Crippen LogP contribution in [0.1, 0.15) is 5.56 Å². The second-order valence-corrected chi connectivity index (χ2v) is 7.10. The molecule has 2 heterocycles. The van der Waals surface area contributed by atoms with Crippen molar-refractivity contribution in [1.29, 1.82) is 0 Å². The van der Waals surface area contributed by atoms with Crippen molar-refractivity contribution in [1.82, 2.24) is 19.1 Å². The molecule has 0 saturated carbocycles. The van der Waals surface area contributed by atoms with Crippen LogP contribution in [0.15, 0.2) is 75.4 Å². The molecule has 4 rings (SSSR count). The van der Waals surface area contributed by atoms with Gasteiger partial charge in [-0.25, -0.2) is 10.2 Å². The Morgan fingerprint density at radius 2 is 1.84 bits per heavy atom. The molecular formula is C22H22N6O4. The van der Waals surface area contributed by atoms with Crippen molar-refractivity contribution >= 4 is 23.3 Å². The molecular weight excluding hydrogens is 412 g/mol. The molecule has 0 aliphatic heterocycles. The Morgan fingerprint density at radius 1 is 1.16 bits per heavy atom. The van der Waals surface area contributed by atoms with E-state index >= 15 is 0 Å². The summed E-state index contributed by atoms with van der Waals surface area (Å²) in [6, 6.07) is 18.5. The number of anilines is 1. The first-order chi connectivity index (χ1) is 15.5. The molecule has 2 aromatic carbocycles. The van der Waals surface area contributed by atoms with Gasteiger partial charge in [-0.05, 0) is 17.7 Å². The van der Waals surface area contributed by atoms with E-state index in [0.717, 1.165) is 5.56 Å². The van der Waals surface area contributed by atoms with Crippen molar-refractivity contribution in [3.05, 3.63) is 87.1 Å². The van der Waals surface area contributed by atoms with E-state index in [9.17, 15) is 14.7 Å². The number of imidazole rings is 1. The van der Waals surface area contributed by atoms with Gasteiger partial charge in [-0.3, -0.25) is 14.3 Å². The molecule has 164 valence electrons. The fraction of sp³-hybridized carbons (Fsp3) is 0.182. The van der Waals surface area contributed by atoms with Crippen molar-refractivity contribution in [2.45, 2.75) is 12.6 Å². The van der Waals surface area contributed by atoms with E-state index in [4.69, 9.17) is 4.74 Å². The standard InChI is InChI=1S/C22H22N6O4/c1-27-19-18(20(30)25-22(27)31)28(13-16(29)14-32-17-10-6-3-7-11-17)21(24-19)26-23-12-15-8-4-2-5-9-15/h2-12,16,29H,13-14H2,1H3,(H,24,26)(H,25,30,31)/b23-12+. The summed E-state index contributed by atoms with van der Waals surface area (Å²) in [5.41, 5.74) is 2.80. The maximum atomic E-state index is 12.5. The van der Waals surface area contributed by atoms with Gasteiger partial charge in [0, 0.05) is 7.05 Å². The lowest BCUT2D eigenvalue weighted by Crippen LogP contribution is -2.30. The largest absolute Gasteiger partial charge is 0.491 e. The van der Waals surface area contributed by atoms with E-state index in [1.165, 1.54) is 16.2 Å². The number of H-pyrrole nitrogens is 1.